The van der Waals surface area contributed by atoms with Gasteiger partial charge in [-0.1, -0.05) is 6.92 Å². The van der Waals surface area contributed by atoms with Crippen molar-refractivity contribution in [2.75, 3.05) is 13.2 Å². The van der Waals surface area contributed by atoms with E-state index in [-0.39, 0.29) is 4.21 Å². The average molecular weight is 358 g/mol. The maximum Gasteiger partial charge on any atom is 0.250 e. The molecule has 0 aliphatic rings. The number of nitrogens with one attached hydrogen (secondary N) is 1. The van der Waals surface area contributed by atoms with Crippen LogP contribution in [0.4, 0.5) is 0 Å². The summed E-state index contributed by atoms with van der Waals surface area (Å²) < 4.78 is 27.6. The van der Waals surface area contributed by atoms with E-state index in [0.29, 0.717) is 6.42 Å². The second-order valence-electron chi connectivity index (χ2n) is 4.08. The third-order valence-electron chi connectivity index (χ3n) is 2.73. The van der Waals surface area contributed by atoms with Crippen molar-refractivity contribution in [3.63, 3.8) is 0 Å². The Balaban J connectivity index is 3.08. The molecule has 0 unspecified atom stereocenters. The van der Waals surface area contributed by atoms with Gasteiger partial charge >= 0.3 is 0 Å². The summed E-state index contributed by atoms with van der Waals surface area (Å²) in [5.74, 6) is 0. The fourth-order valence-corrected chi connectivity index (χ4v) is 4.99. The third-order valence-corrected chi connectivity index (χ3v) is 6.92. The molecule has 1 rings (SSSR count). The molecule has 0 radical (unpaired) electrons. The maximum atomic E-state index is 12.1. The number of aliphatic hydroxyl groups excluding tert-OH is 2. The first-order chi connectivity index (χ1) is 8.30. The lowest BCUT2D eigenvalue weighted by molar-refractivity contribution is 0.105. The Bertz CT molecular complexity index is 480. The Hall–Kier alpha value is 0.01000. The summed E-state index contributed by atoms with van der Waals surface area (Å²) in [4.78, 5) is 0. The van der Waals surface area contributed by atoms with Gasteiger partial charge in [0.05, 0.1) is 22.5 Å². The van der Waals surface area contributed by atoms with Crippen LogP contribution in [0, 0.1) is 6.92 Å². The first-order valence-electron chi connectivity index (χ1n) is 5.32. The molecule has 0 aliphatic carbocycles. The van der Waals surface area contributed by atoms with E-state index >= 15 is 0 Å². The zero-order chi connectivity index (χ0) is 14.0. The number of thiophene rings is 1. The van der Waals surface area contributed by atoms with Crippen molar-refractivity contribution in [1.82, 2.24) is 4.72 Å². The normalized spacial score (nSPS) is 12.9. The average Bonchev–Trinajstić information content (AvgIpc) is 2.68. The monoisotopic (exact) mass is 357 g/mol. The maximum absolute atomic E-state index is 12.1. The molecule has 3 N–H and O–H groups in total. The smallest absolute Gasteiger partial charge is 0.250 e. The molecular formula is C10H16BrNO4S2. The first-order valence-corrected chi connectivity index (χ1v) is 8.41. The van der Waals surface area contributed by atoms with E-state index in [9.17, 15) is 18.6 Å². The minimum absolute atomic E-state index is 0.159. The van der Waals surface area contributed by atoms with Crippen molar-refractivity contribution in [3.05, 3.63) is 15.4 Å². The van der Waals surface area contributed by atoms with Gasteiger partial charge in [-0.15, -0.1) is 11.3 Å². The lowest BCUT2D eigenvalue weighted by Gasteiger charge is -2.28. The molecule has 1 aromatic rings. The van der Waals surface area contributed by atoms with Gasteiger partial charge < -0.3 is 10.2 Å². The third kappa shape index (κ3) is 3.31. The van der Waals surface area contributed by atoms with Crippen LogP contribution < -0.4 is 4.72 Å². The van der Waals surface area contributed by atoms with Crippen molar-refractivity contribution in [1.29, 1.82) is 0 Å². The summed E-state index contributed by atoms with van der Waals surface area (Å²) in [6.07, 6.45) is 0.296. The minimum Gasteiger partial charge on any atom is -0.394 e. The van der Waals surface area contributed by atoms with Crippen LogP contribution in [0.25, 0.3) is 0 Å². The van der Waals surface area contributed by atoms with Gasteiger partial charge in [-0.2, -0.15) is 4.72 Å². The van der Waals surface area contributed by atoms with Crippen LogP contribution in [0.5, 0.6) is 0 Å². The molecule has 0 aliphatic heterocycles. The molecule has 8 heteroatoms. The molecule has 0 fully saturated rings. The molecule has 0 bridgehead atoms. The van der Waals surface area contributed by atoms with Gasteiger partial charge in [0.1, 0.15) is 4.21 Å². The lowest BCUT2D eigenvalue weighted by atomic mass is 10.0. The summed E-state index contributed by atoms with van der Waals surface area (Å²) in [5.41, 5.74) is -0.390. The van der Waals surface area contributed by atoms with Gasteiger partial charge in [0.15, 0.2) is 0 Å². The molecule has 5 nitrogen and oxygen atoms in total. The molecule has 0 saturated heterocycles. The first kappa shape index (κ1) is 16.1. The topological polar surface area (TPSA) is 86.6 Å². The van der Waals surface area contributed by atoms with Crippen LogP contribution >= 0.6 is 27.3 Å². The van der Waals surface area contributed by atoms with Crippen molar-refractivity contribution >= 4 is 37.3 Å². The molecule has 0 atom stereocenters. The van der Waals surface area contributed by atoms with E-state index in [4.69, 9.17) is 0 Å². The molecule has 1 heterocycles. The molecule has 1 aromatic heterocycles. The highest BCUT2D eigenvalue weighted by Crippen LogP contribution is 2.31. The van der Waals surface area contributed by atoms with Crippen LogP contribution in [0.15, 0.2) is 14.1 Å². The Morgan fingerprint density at radius 3 is 2.33 bits per heavy atom. The zero-order valence-corrected chi connectivity index (χ0v) is 13.3. The van der Waals surface area contributed by atoms with Crippen LogP contribution in [0.2, 0.25) is 0 Å². The second kappa shape index (κ2) is 5.98. The van der Waals surface area contributed by atoms with E-state index in [1.165, 1.54) is 0 Å². The SMILES string of the molecule is CCC(CO)(CO)NS(=O)(=O)c1cc(C)c(Br)s1. The van der Waals surface area contributed by atoms with Crippen LogP contribution in [0.3, 0.4) is 0 Å². The van der Waals surface area contributed by atoms with Crippen molar-refractivity contribution in [2.24, 2.45) is 0 Å². The predicted molar refractivity (Wildman–Crippen MR) is 74.3 cm³/mol. The largest absolute Gasteiger partial charge is 0.394 e. The number of sulfonamides is 1. The van der Waals surface area contributed by atoms with E-state index in [1.54, 1.807) is 19.9 Å². The number of hydrogen-bond acceptors (Lipinski definition) is 5. The van der Waals surface area contributed by atoms with Crippen molar-refractivity contribution in [2.45, 2.75) is 30.0 Å². The Morgan fingerprint density at radius 2 is 2.00 bits per heavy atom. The minimum atomic E-state index is -3.74. The van der Waals surface area contributed by atoms with Crippen LogP contribution in [0.1, 0.15) is 18.9 Å². The summed E-state index contributed by atoms with van der Waals surface area (Å²) >= 11 is 4.36. The number of aliphatic hydroxyl groups is 2. The summed E-state index contributed by atoms with van der Waals surface area (Å²) in [7, 11) is -3.74. The van der Waals surface area contributed by atoms with Gasteiger partial charge in [-0.25, -0.2) is 8.42 Å². The van der Waals surface area contributed by atoms with Crippen molar-refractivity contribution < 1.29 is 18.6 Å². The van der Waals surface area contributed by atoms with E-state index in [2.05, 4.69) is 20.7 Å². The molecule has 0 aromatic carbocycles. The van der Waals surface area contributed by atoms with Gasteiger partial charge in [0, 0.05) is 0 Å². The second-order valence-corrected chi connectivity index (χ2v) is 8.36. The lowest BCUT2D eigenvalue weighted by Crippen LogP contribution is -2.53. The number of halogens is 1. The fraction of sp³-hybridized carbons (Fsp3) is 0.600. The molecule has 0 spiro atoms. The highest BCUT2D eigenvalue weighted by Gasteiger charge is 2.33. The fourth-order valence-electron chi connectivity index (χ4n) is 1.31. The molecule has 0 amide bonds. The number of aryl methyl sites for hydroxylation is 1. The highest BCUT2D eigenvalue weighted by atomic mass is 79.9. The van der Waals surface area contributed by atoms with E-state index in [0.717, 1.165) is 20.7 Å². The Labute approximate surface area is 119 Å². The van der Waals surface area contributed by atoms with Gasteiger partial charge in [-0.3, -0.25) is 0 Å². The number of hydrogen-bond donors (Lipinski definition) is 3. The van der Waals surface area contributed by atoms with E-state index < -0.39 is 28.8 Å². The van der Waals surface area contributed by atoms with E-state index in [1.807, 2.05) is 0 Å². The summed E-state index contributed by atoms with van der Waals surface area (Å²) in [6.45, 7) is 2.59. The standard InChI is InChI=1S/C10H16BrNO4S2/c1-3-10(5-13,6-14)12-18(15,16)8-4-7(2)9(11)17-8/h4,12-14H,3,5-6H2,1-2H3. The zero-order valence-electron chi connectivity index (χ0n) is 10.1. The molecule has 104 valence electrons. The van der Waals surface area contributed by atoms with Crippen LogP contribution in [-0.4, -0.2) is 37.4 Å². The predicted octanol–water partition coefficient (Wildman–Crippen LogP) is 1.23. The highest BCUT2D eigenvalue weighted by molar-refractivity contribution is 9.11. The quantitative estimate of drug-likeness (QED) is 0.714. The van der Waals surface area contributed by atoms with Gasteiger partial charge in [0.2, 0.25) is 0 Å². The summed E-state index contributed by atoms with van der Waals surface area (Å²) in [6, 6.07) is 1.55. The molecule has 0 saturated carbocycles. The molecule has 18 heavy (non-hydrogen) atoms. The van der Waals surface area contributed by atoms with Gasteiger partial charge in [-0.05, 0) is 40.9 Å². The Morgan fingerprint density at radius 1 is 1.44 bits per heavy atom. The number of rotatable bonds is 6. The van der Waals surface area contributed by atoms with Crippen LogP contribution in [-0.2, 0) is 10.0 Å². The summed E-state index contributed by atoms with van der Waals surface area (Å²) in [5, 5.41) is 18.5. The van der Waals surface area contributed by atoms with Gasteiger partial charge in [0.25, 0.3) is 10.0 Å². The van der Waals surface area contributed by atoms with Crippen molar-refractivity contribution in [3.8, 4) is 0 Å². The Kier molecular flexibility index (Phi) is 5.33. The molecular weight excluding hydrogens is 342 g/mol.